The Bertz CT molecular complexity index is 615. The van der Waals surface area contributed by atoms with Gasteiger partial charge in [-0.1, -0.05) is 38.9 Å². The fourth-order valence-corrected chi connectivity index (χ4v) is 3.71. The van der Waals surface area contributed by atoms with Crippen LogP contribution in [0.15, 0.2) is 4.79 Å². The number of anilines is 1. The molecule has 1 N–H and O–H groups in total. The Morgan fingerprint density at radius 2 is 1.70 bits per heavy atom. The lowest BCUT2D eigenvalue weighted by molar-refractivity contribution is 0.152. The first-order chi connectivity index (χ1) is 11.1. The van der Waals surface area contributed by atoms with Gasteiger partial charge >= 0.3 is 5.69 Å². The molecular weight excluding hydrogens is 310 g/mol. The van der Waals surface area contributed by atoms with Gasteiger partial charge in [0, 0.05) is 25.2 Å². The van der Waals surface area contributed by atoms with Gasteiger partial charge in [-0.25, -0.2) is 4.79 Å². The van der Waals surface area contributed by atoms with Crippen LogP contribution in [0.4, 0.5) is 5.82 Å². The topological polar surface area (TPSA) is 47.5 Å². The zero-order valence-corrected chi connectivity index (χ0v) is 15.0. The Labute approximate surface area is 142 Å². The Balaban J connectivity index is 1.94. The van der Waals surface area contributed by atoms with Crippen LogP contribution in [0.3, 0.4) is 0 Å². The summed E-state index contributed by atoms with van der Waals surface area (Å²) in [5, 5.41) is 0. The lowest BCUT2D eigenvalue weighted by Crippen LogP contribution is -2.55. The second kappa shape index (κ2) is 7.15. The number of aromatic amines is 1. The van der Waals surface area contributed by atoms with E-state index >= 15 is 0 Å². The fraction of sp³-hybridized carbons (Fsp3) is 0.750. The zero-order valence-electron chi connectivity index (χ0n) is 14.2. The number of nitrogens with zero attached hydrogens (tertiary/aromatic N) is 4. The van der Waals surface area contributed by atoms with Crippen LogP contribution in [0.1, 0.15) is 45.1 Å². The van der Waals surface area contributed by atoms with Gasteiger partial charge < -0.3 is 4.90 Å². The molecule has 0 aliphatic carbocycles. The van der Waals surface area contributed by atoms with Crippen LogP contribution in [0, 0.1) is 4.64 Å². The van der Waals surface area contributed by atoms with E-state index in [0.717, 1.165) is 50.8 Å². The minimum Gasteiger partial charge on any atom is -0.331 e. The molecule has 2 aliphatic rings. The largest absolute Gasteiger partial charge is 0.331 e. The quantitative estimate of drug-likeness (QED) is 0.807. The van der Waals surface area contributed by atoms with Crippen LogP contribution in [-0.2, 0) is 13.2 Å². The summed E-state index contributed by atoms with van der Waals surface area (Å²) in [5.74, 6) is 1.04. The molecule has 0 saturated heterocycles. The molecule has 3 heterocycles. The van der Waals surface area contributed by atoms with E-state index in [2.05, 4.69) is 33.5 Å². The van der Waals surface area contributed by atoms with Gasteiger partial charge in [-0.2, -0.15) is 0 Å². The van der Waals surface area contributed by atoms with Crippen molar-refractivity contribution < 1.29 is 0 Å². The van der Waals surface area contributed by atoms with E-state index in [1.54, 1.807) is 0 Å². The normalized spacial score (nSPS) is 18.3. The van der Waals surface area contributed by atoms with Gasteiger partial charge in [0.15, 0.2) is 0 Å². The van der Waals surface area contributed by atoms with Crippen molar-refractivity contribution >= 4 is 18.0 Å². The standard InChI is InChI=1S/C16H27N5OS/c1-3-5-7-18-9-13-14(23)17-16(22)21-12-19(8-6-4-2)11-20(10-18)15(13)21/h3-12H2,1-2H3,(H,17,22,23). The molecule has 0 fully saturated rings. The summed E-state index contributed by atoms with van der Waals surface area (Å²) in [6.07, 6.45) is 4.72. The highest BCUT2D eigenvalue weighted by atomic mass is 32.1. The predicted octanol–water partition coefficient (Wildman–Crippen LogP) is 2.32. The van der Waals surface area contributed by atoms with Crippen LogP contribution in [-0.4, -0.2) is 45.8 Å². The van der Waals surface area contributed by atoms with Gasteiger partial charge in [-0.05, 0) is 12.8 Å². The third-order valence-electron chi connectivity index (χ3n) is 4.69. The smallest absolute Gasteiger partial charge is 0.329 e. The van der Waals surface area contributed by atoms with Gasteiger partial charge in [0.1, 0.15) is 10.5 Å². The Kier molecular flexibility index (Phi) is 5.18. The minimum atomic E-state index is -0.0815. The number of H-pyrrole nitrogens is 1. The van der Waals surface area contributed by atoms with E-state index in [1.165, 1.54) is 19.3 Å². The average molecular weight is 337 g/mol. The van der Waals surface area contributed by atoms with E-state index in [9.17, 15) is 4.79 Å². The van der Waals surface area contributed by atoms with E-state index in [4.69, 9.17) is 12.2 Å². The molecule has 0 radical (unpaired) electrons. The van der Waals surface area contributed by atoms with E-state index in [1.807, 2.05) is 4.57 Å². The van der Waals surface area contributed by atoms with Crippen molar-refractivity contribution in [2.24, 2.45) is 0 Å². The molecule has 7 heteroatoms. The van der Waals surface area contributed by atoms with Gasteiger partial charge in [0.25, 0.3) is 0 Å². The van der Waals surface area contributed by atoms with Crippen LogP contribution in [0.25, 0.3) is 0 Å². The minimum absolute atomic E-state index is 0.0815. The van der Waals surface area contributed by atoms with E-state index in [0.29, 0.717) is 11.3 Å². The van der Waals surface area contributed by atoms with Crippen molar-refractivity contribution in [3.63, 3.8) is 0 Å². The van der Waals surface area contributed by atoms with E-state index in [-0.39, 0.29) is 5.69 Å². The highest BCUT2D eigenvalue weighted by Gasteiger charge is 2.31. The Morgan fingerprint density at radius 1 is 1.04 bits per heavy atom. The highest BCUT2D eigenvalue weighted by molar-refractivity contribution is 7.71. The molecule has 0 atom stereocenters. The first kappa shape index (κ1) is 16.7. The number of unbranched alkanes of at least 4 members (excludes halogenated alkanes) is 2. The summed E-state index contributed by atoms with van der Waals surface area (Å²) in [4.78, 5) is 22.3. The highest BCUT2D eigenvalue weighted by Crippen LogP contribution is 2.29. The maximum atomic E-state index is 12.4. The van der Waals surface area contributed by atoms with Gasteiger partial charge in [-0.3, -0.25) is 19.4 Å². The predicted molar refractivity (Wildman–Crippen MR) is 95.0 cm³/mol. The lowest BCUT2D eigenvalue weighted by atomic mass is 10.2. The van der Waals surface area contributed by atoms with Crippen molar-refractivity contribution in [2.75, 3.05) is 31.3 Å². The first-order valence-electron chi connectivity index (χ1n) is 8.69. The van der Waals surface area contributed by atoms with Crippen molar-refractivity contribution in [3.05, 3.63) is 20.7 Å². The molecule has 23 heavy (non-hydrogen) atoms. The van der Waals surface area contributed by atoms with Gasteiger partial charge in [-0.15, -0.1) is 0 Å². The van der Waals surface area contributed by atoms with Crippen molar-refractivity contribution in [3.8, 4) is 0 Å². The molecule has 3 rings (SSSR count). The summed E-state index contributed by atoms with van der Waals surface area (Å²) >= 11 is 5.44. The molecule has 0 bridgehead atoms. The number of hydrogen-bond acceptors (Lipinski definition) is 5. The fourth-order valence-electron chi connectivity index (χ4n) is 3.47. The van der Waals surface area contributed by atoms with Gasteiger partial charge in [0.05, 0.1) is 20.0 Å². The molecule has 0 amide bonds. The Morgan fingerprint density at radius 3 is 2.39 bits per heavy atom. The second-order valence-corrected chi connectivity index (χ2v) is 7.02. The third kappa shape index (κ3) is 3.36. The number of aromatic nitrogens is 2. The summed E-state index contributed by atoms with van der Waals surface area (Å²) in [5.41, 5.74) is 1.03. The van der Waals surface area contributed by atoms with Crippen LogP contribution in [0.2, 0.25) is 0 Å². The van der Waals surface area contributed by atoms with Crippen molar-refractivity contribution in [1.29, 1.82) is 0 Å². The molecule has 6 nitrogen and oxygen atoms in total. The molecule has 0 spiro atoms. The lowest BCUT2D eigenvalue weighted by Gasteiger charge is -2.45. The van der Waals surface area contributed by atoms with E-state index < -0.39 is 0 Å². The number of hydrogen-bond donors (Lipinski definition) is 1. The van der Waals surface area contributed by atoms with Crippen LogP contribution < -0.4 is 10.6 Å². The number of nitrogens with one attached hydrogen (secondary N) is 1. The average Bonchev–Trinajstić information content (AvgIpc) is 2.55. The van der Waals surface area contributed by atoms with Crippen molar-refractivity contribution in [2.45, 2.75) is 52.7 Å². The monoisotopic (exact) mass is 337 g/mol. The van der Waals surface area contributed by atoms with Gasteiger partial charge in [0.2, 0.25) is 0 Å². The number of rotatable bonds is 6. The molecule has 2 aliphatic heterocycles. The molecular formula is C16H27N5OS. The zero-order chi connectivity index (χ0) is 16.4. The molecule has 0 aromatic carbocycles. The van der Waals surface area contributed by atoms with Crippen LogP contribution in [0.5, 0.6) is 0 Å². The summed E-state index contributed by atoms with van der Waals surface area (Å²) in [6.45, 7) is 9.80. The maximum Gasteiger partial charge on any atom is 0.329 e. The molecule has 1 aromatic heterocycles. The third-order valence-corrected chi connectivity index (χ3v) is 5.03. The molecule has 0 unspecified atom stereocenters. The summed E-state index contributed by atoms with van der Waals surface area (Å²) in [7, 11) is 0. The summed E-state index contributed by atoms with van der Waals surface area (Å²) in [6, 6.07) is 0. The summed E-state index contributed by atoms with van der Waals surface area (Å²) < 4.78 is 2.47. The SMILES string of the molecule is CCCCN1Cc2c3n(c(=O)[nH]c2=S)CN(CCCC)CN3C1. The molecule has 1 aromatic rings. The molecule has 0 saturated carbocycles. The molecule has 128 valence electrons. The first-order valence-corrected chi connectivity index (χ1v) is 9.10. The van der Waals surface area contributed by atoms with Crippen LogP contribution >= 0.6 is 12.2 Å². The Hall–Kier alpha value is -1.18. The second-order valence-electron chi connectivity index (χ2n) is 6.61. The maximum absolute atomic E-state index is 12.4. The van der Waals surface area contributed by atoms with Crippen molar-refractivity contribution in [1.82, 2.24) is 19.4 Å².